The third-order valence-electron chi connectivity index (χ3n) is 4.42. The van der Waals surface area contributed by atoms with E-state index in [1.165, 1.54) is 0 Å². The molecule has 0 aromatic carbocycles. The number of nitrogens with two attached hydrogens (primary N) is 1. The number of pyridine rings is 2. The van der Waals surface area contributed by atoms with Gasteiger partial charge in [-0.3, -0.25) is 4.79 Å². The fourth-order valence-electron chi connectivity index (χ4n) is 3.13. The van der Waals surface area contributed by atoms with E-state index >= 15 is 0 Å². The molecule has 8 heteroatoms. The lowest BCUT2D eigenvalue weighted by atomic mass is 10.2. The topological polar surface area (TPSA) is 91.1 Å². The molecular formula is C17H17ClN6O. The summed E-state index contributed by atoms with van der Waals surface area (Å²) in [6, 6.07) is 7.23. The lowest BCUT2D eigenvalue weighted by Gasteiger charge is -2.36. The van der Waals surface area contributed by atoms with Crippen LogP contribution in [-0.2, 0) is 0 Å². The lowest BCUT2D eigenvalue weighted by molar-refractivity contribution is 0.100. The van der Waals surface area contributed by atoms with Gasteiger partial charge in [-0.1, -0.05) is 11.6 Å². The van der Waals surface area contributed by atoms with Crippen molar-refractivity contribution in [1.29, 1.82) is 0 Å². The molecule has 1 aliphatic rings. The van der Waals surface area contributed by atoms with Gasteiger partial charge in [-0.25, -0.2) is 9.97 Å². The zero-order valence-corrected chi connectivity index (χ0v) is 14.2. The fourth-order valence-corrected chi connectivity index (χ4v) is 3.38. The van der Waals surface area contributed by atoms with Crippen LogP contribution in [0.5, 0.6) is 0 Å². The van der Waals surface area contributed by atoms with E-state index in [9.17, 15) is 4.79 Å². The van der Waals surface area contributed by atoms with E-state index in [0.29, 0.717) is 16.4 Å². The maximum Gasteiger partial charge on any atom is 0.252 e. The van der Waals surface area contributed by atoms with E-state index in [4.69, 9.17) is 17.3 Å². The third kappa shape index (κ3) is 2.87. The van der Waals surface area contributed by atoms with Gasteiger partial charge in [-0.2, -0.15) is 0 Å². The molecule has 4 heterocycles. The summed E-state index contributed by atoms with van der Waals surface area (Å²) in [6.45, 7) is 2.95. The number of piperazine rings is 1. The number of nitrogens with zero attached hydrogens (tertiary/aromatic N) is 4. The summed E-state index contributed by atoms with van der Waals surface area (Å²) in [4.78, 5) is 27.9. The van der Waals surface area contributed by atoms with Gasteiger partial charge in [0.15, 0.2) is 0 Å². The summed E-state index contributed by atoms with van der Waals surface area (Å²) in [5.41, 5.74) is 6.69. The first-order valence-corrected chi connectivity index (χ1v) is 8.39. The Bertz CT molecular complexity index is 932. The molecule has 7 nitrogen and oxygen atoms in total. The Hall–Kier alpha value is -2.80. The molecular weight excluding hydrogens is 340 g/mol. The molecule has 1 saturated heterocycles. The lowest BCUT2D eigenvalue weighted by Crippen LogP contribution is -2.47. The second-order valence-corrected chi connectivity index (χ2v) is 6.32. The van der Waals surface area contributed by atoms with E-state index in [0.717, 1.165) is 43.0 Å². The molecule has 128 valence electrons. The number of hydrogen-bond donors (Lipinski definition) is 2. The Morgan fingerprint density at radius 1 is 1.20 bits per heavy atom. The molecule has 1 amide bonds. The van der Waals surface area contributed by atoms with Crippen LogP contribution in [0, 0.1) is 0 Å². The minimum absolute atomic E-state index is 0.449. The zero-order valence-electron chi connectivity index (χ0n) is 13.4. The summed E-state index contributed by atoms with van der Waals surface area (Å²) >= 11 is 6.34. The number of aromatic nitrogens is 3. The zero-order chi connectivity index (χ0) is 17.4. The Morgan fingerprint density at radius 3 is 2.72 bits per heavy atom. The molecule has 0 spiro atoms. The van der Waals surface area contributed by atoms with Crippen molar-refractivity contribution in [2.75, 3.05) is 36.0 Å². The highest BCUT2D eigenvalue weighted by molar-refractivity contribution is 6.35. The first-order chi connectivity index (χ1) is 12.1. The van der Waals surface area contributed by atoms with Gasteiger partial charge in [-0.15, -0.1) is 0 Å². The fraction of sp³-hybridized carbons (Fsp3) is 0.235. The number of halogens is 1. The molecule has 0 aliphatic carbocycles. The van der Waals surface area contributed by atoms with Crippen LogP contribution in [0.15, 0.2) is 36.7 Å². The van der Waals surface area contributed by atoms with Crippen molar-refractivity contribution in [2.24, 2.45) is 5.73 Å². The summed E-state index contributed by atoms with van der Waals surface area (Å²) in [6.07, 6.45) is 3.51. The van der Waals surface area contributed by atoms with Crippen molar-refractivity contribution in [3.8, 4) is 0 Å². The molecule has 4 rings (SSSR count). The highest BCUT2D eigenvalue weighted by Crippen LogP contribution is 2.27. The van der Waals surface area contributed by atoms with Crippen molar-refractivity contribution in [3.05, 3.63) is 47.2 Å². The summed E-state index contributed by atoms with van der Waals surface area (Å²) in [5.74, 6) is 1.02. The average Bonchev–Trinajstić information content (AvgIpc) is 3.11. The van der Waals surface area contributed by atoms with Crippen molar-refractivity contribution in [3.63, 3.8) is 0 Å². The van der Waals surface area contributed by atoms with Crippen LogP contribution in [0.2, 0.25) is 5.02 Å². The largest absolute Gasteiger partial charge is 0.365 e. The van der Waals surface area contributed by atoms with Crippen LogP contribution in [0.1, 0.15) is 10.4 Å². The number of anilines is 2. The number of primary amides is 1. The van der Waals surface area contributed by atoms with Gasteiger partial charge in [0, 0.05) is 50.0 Å². The minimum atomic E-state index is -0.462. The average molecular weight is 357 g/mol. The predicted octanol–water partition coefficient (Wildman–Crippen LogP) is 2.04. The highest BCUT2D eigenvalue weighted by atomic mass is 35.5. The third-order valence-corrected chi connectivity index (χ3v) is 4.73. The van der Waals surface area contributed by atoms with Crippen LogP contribution >= 0.6 is 11.6 Å². The predicted molar refractivity (Wildman–Crippen MR) is 98.3 cm³/mol. The van der Waals surface area contributed by atoms with Crippen LogP contribution in [0.3, 0.4) is 0 Å². The first-order valence-electron chi connectivity index (χ1n) is 8.02. The van der Waals surface area contributed by atoms with E-state index in [1.807, 2.05) is 18.3 Å². The highest BCUT2D eigenvalue weighted by Gasteiger charge is 2.23. The van der Waals surface area contributed by atoms with Gasteiger partial charge >= 0.3 is 0 Å². The summed E-state index contributed by atoms with van der Waals surface area (Å²) < 4.78 is 0. The molecule has 0 radical (unpaired) electrons. The van der Waals surface area contributed by atoms with E-state index < -0.39 is 5.91 Å². The Kier molecular flexibility index (Phi) is 3.93. The number of hydrogen-bond acceptors (Lipinski definition) is 5. The number of fused-ring (bicyclic) bond motifs is 1. The van der Waals surface area contributed by atoms with Crippen LogP contribution in [0.4, 0.5) is 11.6 Å². The van der Waals surface area contributed by atoms with Crippen molar-refractivity contribution in [1.82, 2.24) is 15.0 Å². The number of rotatable bonds is 3. The maximum absolute atomic E-state index is 11.6. The van der Waals surface area contributed by atoms with Gasteiger partial charge < -0.3 is 20.5 Å². The van der Waals surface area contributed by atoms with E-state index in [2.05, 4.69) is 24.8 Å². The molecule has 3 N–H and O–H groups in total. The van der Waals surface area contributed by atoms with Crippen molar-refractivity contribution in [2.45, 2.75) is 0 Å². The van der Waals surface area contributed by atoms with E-state index in [-0.39, 0.29) is 0 Å². The maximum atomic E-state index is 11.6. The van der Waals surface area contributed by atoms with Crippen molar-refractivity contribution >= 4 is 40.2 Å². The van der Waals surface area contributed by atoms with Gasteiger partial charge in [0.2, 0.25) is 0 Å². The SMILES string of the molecule is NC(=O)c1cccnc1N1CCN(c2cc(Cl)c3cc[nH]c3n2)CC1. The molecule has 25 heavy (non-hydrogen) atoms. The van der Waals surface area contributed by atoms with Gasteiger partial charge in [0.1, 0.15) is 17.3 Å². The summed E-state index contributed by atoms with van der Waals surface area (Å²) in [5, 5.41) is 1.60. The number of amides is 1. The molecule has 0 unspecified atom stereocenters. The standard InChI is InChI=1S/C17H17ClN6O/c18-13-10-14(22-16-11(13)3-5-20-16)23-6-8-24(9-7-23)17-12(15(19)25)2-1-4-21-17/h1-5,10H,6-9H2,(H2,19,25)(H,20,22). The quantitative estimate of drug-likeness (QED) is 0.749. The smallest absolute Gasteiger partial charge is 0.252 e. The summed E-state index contributed by atoms with van der Waals surface area (Å²) in [7, 11) is 0. The Morgan fingerprint density at radius 2 is 1.96 bits per heavy atom. The molecule has 1 fully saturated rings. The molecule has 0 atom stereocenters. The second kappa shape index (κ2) is 6.25. The van der Waals surface area contributed by atoms with Crippen LogP contribution < -0.4 is 15.5 Å². The molecule has 1 aliphatic heterocycles. The Labute approximate surface area is 149 Å². The first kappa shape index (κ1) is 15.7. The normalized spacial score (nSPS) is 14.9. The number of H-pyrrole nitrogens is 1. The molecule has 0 saturated carbocycles. The monoisotopic (exact) mass is 356 g/mol. The van der Waals surface area contributed by atoms with E-state index in [1.54, 1.807) is 18.3 Å². The van der Waals surface area contributed by atoms with Crippen molar-refractivity contribution < 1.29 is 4.79 Å². The minimum Gasteiger partial charge on any atom is -0.365 e. The number of nitrogens with one attached hydrogen (secondary N) is 1. The number of carbonyl (C=O) groups is 1. The van der Waals surface area contributed by atoms with Gasteiger partial charge in [0.05, 0.1) is 10.6 Å². The van der Waals surface area contributed by atoms with Crippen LogP contribution in [-0.4, -0.2) is 47.0 Å². The second-order valence-electron chi connectivity index (χ2n) is 5.92. The number of aromatic amines is 1. The van der Waals surface area contributed by atoms with Gasteiger partial charge in [0.25, 0.3) is 5.91 Å². The van der Waals surface area contributed by atoms with Gasteiger partial charge in [-0.05, 0) is 18.2 Å². The molecule has 0 bridgehead atoms. The number of carbonyl (C=O) groups excluding carboxylic acids is 1. The molecule has 3 aromatic rings. The van der Waals surface area contributed by atoms with Crippen LogP contribution in [0.25, 0.3) is 11.0 Å². The Balaban J connectivity index is 1.54. The molecule has 3 aromatic heterocycles.